The van der Waals surface area contributed by atoms with Gasteiger partial charge in [0.25, 0.3) is 0 Å². The van der Waals surface area contributed by atoms with Gasteiger partial charge in [0.05, 0.1) is 11.3 Å². The van der Waals surface area contributed by atoms with Crippen LogP contribution in [0.4, 0.5) is 0 Å². The maximum atomic E-state index is 9.64. The standard InChI is InChI=1S/C36H41N2O/c1-21(2)19-36(20-22(3)4)30-12-10-9-11-26(30)28-18-29-27-14-13-24(7)32(33(27)39-35(29)37-34(28)36)31-17-25(23(5)6)15-16-38(31)8/h9-18,21-23H,19-20H2,1-8H3/q+1/i1D3,3D3,19D2,20D2,21D,22D,23D. The number of fused-ring (bicyclic) bond motifs is 6. The number of benzene rings is 2. The number of furan rings is 1. The van der Waals surface area contributed by atoms with Gasteiger partial charge in [-0.3, -0.25) is 0 Å². The van der Waals surface area contributed by atoms with E-state index in [4.69, 9.17) is 21.7 Å². The van der Waals surface area contributed by atoms with Crippen molar-refractivity contribution in [1.82, 2.24) is 4.98 Å². The molecule has 6 rings (SSSR count). The first-order valence-electron chi connectivity index (χ1n) is 19.5. The van der Waals surface area contributed by atoms with E-state index in [1.807, 2.05) is 49.0 Å². The third-order valence-electron chi connectivity index (χ3n) is 7.55. The highest BCUT2D eigenvalue weighted by molar-refractivity contribution is 6.10. The van der Waals surface area contributed by atoms with Crippen molar-refractivity contribution in [2.24, 2.45) is 18.8 Å². The molecule has 3 heteroatoms. The molecule has 0 spiro atoms. The first-order chi connectivity index (χ1) is 23.6. The summed E-state index contributed by atoms with van der Waals surface area (Å²) >= 11 is 0. The Hall–Kier alpha value is -3.46. The zero-order valence-electron chi connectivity index (χ0n) is 36.1. The van der Waals surface area contributed by atoms with Gasteiger partial charge in [-0.2, -0.15) is 0 Å². The van der Waals surface area contributed by atoms with E-state index in [9.17, 15) is 5.48 Å². The van der Waals surface area contributed by atoms with Crippen LogP contribution in [0.25, 0.3) is 44.5 Å². The van der Waals surface area contributed by atoms with Crippen LogP contribution in [-0.2, 0) is 12.5 Å². The predicted molar refractivity (Wildman–Crippen MR) is 162 cm³/mol. The molecule has 2 unspecified atom stereocenters. The number of aryl methyl sites for hydroxylation is 2. The molecular weight excluding hydrogens is 476 g/mol. The van der Waals surface area contributed by atoms with E-state index in [1.54, 1.807) is 32.0 Å². The summed E-state index contributed by atoms with van der Waals surface area (Å²) < 4.78 is 123. The molecule has 3 aromatic heterocycles. The van der Waals surface area contributed by atoms with Gasteiger partial charge in [-0.25, -0.2) is 9.55 Å². The van der Waals surface area contributed by atoms with Crippen molar-refractivity contribution in [3.05, 3.63) is 83.2 Å². The summed E-state index contributed by atoms with van der Waals surface area (Å²) in [4.78, 5) is 4.81. The highest BCUT2D eigenvalue weighted by Gasteiger charge is 2.45. The molecule has 39 heavy (non-hydrogen) atoms. The van der Waals surface area contributed by atoms with Gasteiger partial charge in [0, 0.05) is 51.7 Å². The highest BCUT2D eigenvalue weighted by atomic mass is 16.3. The first kappa shape index (κ1) is 14.8. The Kier molecular flexibility index (Phi) is 3.54. The van der Waals surface area contributed by atoms with Crippen molar-refractivity contribution in [2.45, 2.75) is 72.4 Å². The van der Waals surface area contributed by atoms with Crippen LogP contribution in [0.15, 0.2) is 65.2 Å². The summed E-state index contributed by atoms with van der Waals surface area (Å²) in [5.74, 6) is -7.00. The molecule has 0 fully saturated rings. The van der Waals surface area contributed by atoms with Gasteiger partial charge in [0.15, 0.2) is 11.8 Å². The minimum absolute atomic E-state index is 0.0508. The normalized spacial score (nSPS) is 26.3. The van der Waals surface area contributed by atoms with Gasteiger partial charge in [-0.1, -0.05) is 77.8 Å². The van der Waals surface area contributed by atoms with Gasteiger partial charge >= 0.3 is 0 Å². The van der Waals surface area contributed by atoms with Crippen LogP contribution in [0.1, 0.15) is 100 Å². The summed E-state index contributed by atoms with van der Waals surface area (Å²) in [6.07, 6.45) is -4.99. The molecule has 0 radical (unpaired) electrons. The summed E-state index contributed by atoms with van der Waals surface area (Å²) in [5.41, 5.74) is 0.465. The molecule has 1 aliphatic carbocycles. The molecule has 0 bridgehead atoms. The van der Waals surface area contributed by atoms with Crippen LogP contribution in [0, 0.1) is 18.7 Å². The molecule has 0 N–H and O–H groups in total. The van der Waals surface area contributed by atoms with Crippen molar-refractivity contribution < 1.29 is 26.8 Å². The Morgan fingerprint density at radius 2 is 1.72 bits per heavy atom. The summed E-state index contributed by atoms with van der Waals surface area (Å²) in [6, 6.07) is 15.3. The van der Waals surface area contributed by atoms with Crippen molar-refractivity contribution in [3.8, 4) is 22.4 Å². The molecule has 0 amide bonds. The van der Waals surface area contributed by atoms with E-state index in [-0.39, 0.29) is 28.1 Å². The van der Waals surface area contributed by atoms with Gasteiger partial charge in [0.1, 0.15) is 7.05 Å². The maximum Gasteiger partial charge on any atom is 0.227 e. The summed E-state index contributed by atoms with van der Waals surface area (Å²) in [5, 5.41) is 1.11. The zero-order chi connectivity index (χ0) is 39.0. The average molecular weight is 531 g/mol. The van der Waals surface area contributed by atoms with Crippen molar-refractivity contribution in [2.75, 3.05) is 0 Å². The van der Waals surface area contributed by atoms with E-state index < -0.39 is 49.5 Å². The van der Waals surface area contributed by atoms with Gasteiger partial charge in [-0.15, -0.1) is 0 Å². The molecular formula is C36H41N2O+. The number of aromatic nitrogens is 2. The van der Waals surface area contributed by atoms with Gasteiger partial charge in [0.2, 0.25) is 11.4 Å². The topological polar surface area (TPSA) is 29.9 Å². The van der Waals surface area contributed by atoms with Crippen LogP contribution in [-0.4, -0.2) is 4.98 Å². The summed E-state index contributed by atoms with van der Waals surface area (Å²) in [7, 11) is 1.87. The Balaban J connectivity index is 1.80. The second-order valence-electron chi connectivity index (χ2n) is 10.7. The molecule has 200 valence electrons. The number of nitrogens with zero attached hydrogens (tertiary/aromatic N) is 2. The number of hydrogen-bond donors (Lipinski definition) is 0. The van der Waals surface area contributed by atoms with Gasteiger partial charge in [-0.05, 0) is 65.7 Å². The molecule has 1 aliphatic rings. The van der Waals surface area contributed by atoms with Crippen LogP contribution in [0.3, 0.4) is 0 Å². The Bertz CT molecular complexity index is 2220. The van der Waals surface area contributed by atoms with Crippen LogP contribution < -0.4 is 4.57 Å². The fraction of sp³-hybridized carbons (Fsp3) is 0.389. The molecule has 3 nitrogen and oxygen atoms in total. The minimum Gasteiger partial charge on any atom is -0.437 e. The monoisotopic (exact) mass is 530 g/mol. The van der Waals surface area contributed by atoms with Crippen LogP contribution in [0.2, 0.25) is 0 Å². The fourth-order valence-electron chi connectivity index (χ4n) is 5.82. The van der Waals surface area contributed by atoms with Crippen molar-refractivity contribution in [3.63, 3.8) is 0 Å². The molecule has 0 saturated carbocycles. The lowest BCUT2D eigenvalue weighted by Crippen LogP contribution is -2.31. The zero-order valence-corrected chi connectivity index (χ0v) is 23.1. The number of pyridine rings is 2. The highest BCUT2D eigenvalue weighted by Crippen LogP contribution is 2.55. The molecule has 2 atom stereocenters. The third-order valence-corrected chi connectivity index (χ3v) is 7.55. The van der Waals surface area contributed by atoms with E-state index in [0.29, 0.717) is 21.9 Å². The number of rotatable bonds is 6. The largest absolute Gasteiger partial charge is 0.437 e. The quantitative estimate of drug-likeness (QED) is 0.205. The average Bonchev–Trinajstić information content (AvgIpc) is 3.52. The van der Waals surface area contributed by atoms with E-state index in [2.05, 4.69) is 0 Å². The Labute approximate surface area is 251 Å². The van der Waals surface area contributed by atoms with Gasteiger partial charge < -0.3 is 4.42 Å². The van der Waals surface area contributed by atoms with Crippen LogP contribution in [0.5, 0.6) is 0 Å². The summed E-state index contributed by atoms with van der Waals surface area (Å²) in [6.45, 7) is 0.510. The predicted octanol–water partition coefficient (Wildman–Crippen LogP) is 9.26. The minimum atomic E-state index is -3.42. The SMILES string of the molecule is [2H]C(C)(C)c1cc[n+](C)c(-c2c(C)ccc3c2oc2nc4c(cc23)-c2ccccc2C4(C([2H])([2H])C([2H])(C)C([2H])([2H])[2H])C([2H])([2H])C([2H])(C)C([2H])([2H])[2H])c1. The molecule has 3 heterocycles. The van der Waals surface area contributed by atoms with Crippen LogP contribution >= 0.6 is 0 Å². The Morgan fingerprint density at radius 1 is 0.974 bits per heavy atom. The lowest BCUT2D eigenvalue weighted by Gasteiger charge is -2.34. The molecule has 5 aromatic rings. The first-order valence-corrected chi connectivity index (χ1v) is 13.0. The smallest absolute Gasteiger partial charge is 0.227 e. The van der Waals surface area contributed by atoms with Crippen molar-refractivity contribution >= 4 is 22.1 Å². The molecule has 0 saturated heterocycles. The Morgan fingerprint density at radius 3 is 2.44 bits per heavy atom. The fourth-order valence-corrected chi connectivity index (χ4v) is 5.82. The number of hydrogen-bond acceptors (Lipinski definition) is 2. The van der Waals surface area contributed by atoms with E-state index >= 15 is 0 Å². The molecule has 0 aliphatic heterocycles. The third kappa shape index (κ3) is 4.01. The molecule has 2 aromatic carbocycles. The van der Waals surface area contributed by atoms with Crippen molar-refractivity contribution in [1.29, 1.82) is 0 Å². The second-order valence-corrected chi connectivity index (χ2v) is 10.7. The van der Waals surface area contributed by atoms with E-state index in [0.717, 1.165) is 30.7 Å². The lowest BCUT2D eigenvalue weighted by atomic mass is 9.69. The lowest BCUT2D eigenvalue weighted by molar-refractivity contribution is -0.660. The maximum absolute atomic E-state index is 9.64. The second kappa shape index (κ2) is 9.33. The van der Waals surface area contributed by atoms with E-state index in [1.165, 1.54) is 12.1 Å².